The quantitative estimate of drug-likeness (QED) is 0.872. The number of thiophene rings is 1. The van der Waals surface area contributed by atoms with Gasteiger partial charge in [-0.05, 0) is 29.1 Å². The number of benzene rings is 1. The summed E-state index contributed by atoms with van der Waals surface area (Å²) in [6.07, 6.45) is 0. The zero-order valence-corrected chi connectivity index (χ0v) is 13.5. The van der Waals surface area contributed by atoms with E-state index in [9.17, 15) is 8.42 Å². The Morgan fingerprint density at radius 2 is 1.90 bits per heavy atom. The van der Waals surface area contributed by atoms with Crippen LogP contribution in [0.15, 0.2) is 39.9 Å². The van der Waals surface area contributed by atoms with Crippen molar-refractivity contribution in [3.63, 3.8) is 0 Å². The van der Waals surface area contributed by atoms with Crippen LogP contribution in [0.25, 0.3) is 0 Å². The van der Waals surface area contributed by atoms with Crippen LogP contribution in [0.2, 0.25) is 0 Å². The van der Waals surface area contributed by atoms with Crippen molar-refractivity contribution in [2.24, 2.45) is 0 Å². The third kappa shape index (κ3) is 3.04. The fourth-order valence-corrected chi connectivity index (χ4v) is 4.98. The topological polar surface area (TPSA) is 80.2 Å². The summed E-state index contributed by atoms with van der Waals surface area (Å²) in [6.45, 7) is 0.246. The molecule has 5 nitrogen and oxygen atoms in total. The molecule has 3 N–H and O–H groups in total. The Hall–Kier alpha value is -1.57. The molecule has 0 radical (unpaired) electrons. The first kappa shape index (κ1) is 15.8. The largest absolute Gasteiger partial charge is 0.493 e. The Bertz CT molecular complexity index is 696. The Morgan fingerprint density at radius 3 is 2.43 bits per heavy atom. The van der Waals surface area contributed by atoms with Crippen molar-refractivity contribution < 1.29 is 23.6 Å². The average Bonchev–Trinajstić information content (AvgIpc) is 3.02. The van der Waals surface area contributed by atoms with Gasteiger partial charge in [-0.3, -0.25) is 0 Å². The maximum Gasteiger partial charge on any atom is 0.200 e. The van der Waals surface area contributed by atoms with E-state index in [0.29, 0.717) is 21.3 Å². The number of sulfone groups is 1. The Balaban J connectivity index is 2.47. The van der Waals surface area contributed by atoms with E-state index >= 15 is 0 Å². The van der Waals surface area contributed by atoms with Gasteiger partial charge >= 0.3 is 0 Å². The summed E-state index contributed by atoms with van der Waals surface area (Å²) in [5.41, 5.74) is 4.44. The summed E-state index contributed by atoms with van der Waals surface area (Å²) in [7, 11) is -0.383. The number of methoxy groups -OCH3 is 2. The molecule has 21 heavy (non-hydrogen) atoms. The highest BCUT2D eigenvalue weighted by Crippen LogP contribution is 2.35. The fraction of sp³-hybridized carbons (Fsp3) is 0.286. The average molecular weight is 328 g/mol. The van der Waals surface area contributed by atoms with Crippen LogP contribution in [-0.4, -0.2) is 29.2 Å². The summed E-state index contributed by atoms with van der Waals surface area (Å²) in [6, 6.07) is 8.48. The van der Waals surface area contributed by atoms with Crippen molar-refractivity contribution in [1.82, 2.24) is 0 Å². The first-order valence-electron chi connectivity index (χ1n) is 6.33. The highest BCUT2D eigenvalue weighted by Gasteiger charge is 2.31. The first-order chi connectivity index (χ1) is 10.0. The molecule has 7 heteroatoms. The lowest BCUT2D eigenvalue weighted by Crippen LogP contribution is -2.54. The van der Waals surface area contributed by atoms with Crippen LogP contribution < -0.4 is 15.2 Å². The summed E-state index contributed by atoms with van der Waals surface area (Å²) in [5, 5.41) is 1.05. The van der Waals surface area contributed by atoms with E-state index in [4.69, 9.17) is 9.47 Å². The highest BCUT2D eigenvalue weighted by atomic mass is 32.2. The minimum absolute atomic E-state index is 0.246. The van der Waals surface area contributed by atoms with Crippen molar-refractivity contribution >= 4 is 21.2 Å². The molecule has 0 amide bonds. The smallest absolute Gasteiger partial charge is 0.200 e. The van der Waals surface area contributed by atoms with E-state index in [1.165, 1.54) is 18.4 Å². The molecular formula is C14H18NO4S2+. The molecule has 0 unspecified atom stereocenters. The molecule has 0 aliphatic heterocycles. The van der Waals surface area contributed by atoms with E-state index in [1.54, 1.807) is 42.8 Å². The summed E-state index contributed by atoms with van der Waals surface area (Å²) >= 11 is 1.21. The molecule has 1 heterocycles. The molecule has 1 aromatic heterocycles. The van der Waals surface area contributed by atoms with Crippen molar-refractivity contribution in [3.8, 4) is 11.5 Å². The third-order valence-corrected chi connectivity index (χ3v) is 6.79. The molecule has 0 aliphatic carbocycles. The van der Waals surface area contributed by atoms with E-state index in [1.807, 2.05) is 0 Å². The standard InChI is InChI=1S/C14H17NO4S2/c1-18-11-6-5-10(8-12(11)19-2)13(9-15)21(16,17)14-4-3-7-20-14/h3-8,13H,9,15H2,1-2H3/p+1/t13-/m1/s1. The molecule has 1 aromatic carbocycles. The van der Waals surface area contributed by atoms with Gasteiger partial charge in [0.05, 0.1) is 20.8 Å². The van der Waals surface area contributed by atoms with Gasteiger partial charge in [0.25, 0.3) is 0 Å². The van der Waals surface area contributed by atoms with Gasteiger partial charge in [-0.15, -0.1) is 11.3 Å². The van der Waals surface area contributed by atoms with Crippen LogP contribution in [0.1, 0.15) is 10.8 Å². The number of ether oxygens (including phenoxy) is 2. The lowest BCUT2D eigenvalue weighted by Gasteiger charge is -2.16. The van der Waals surface area contributed by atoms with Crippen LogP contribution in [-0.2, 0) is 9.84 Å². The van der Waals surface area contributed by atoms with Crippen LogP contribution >= 0.6 is 11.3 Å². The predicted octanol–water partition coefficient (Wildman–Crippen LogP) is 1.52. The van der Waals surface area contributed by atoms with Gasteiger partial charge in [0.15, 0.2) is 21.3 Å². The normalized spacial score (nSPS) is 12.9. The minimum Gasteiger partial charge on any atom is -0.493 e. The van der Waals surface area contributed by atoms with Crippen molar-refractivity contribution in [1.29, 1.82) is 0 Å². The van der Waals surface area contributed by atoms with Gasteiger partial charge in [-0.25, -0.2) is 8.42 Å². The maximum atomic E-state index is 12.7. The van der Waals surface area contributed by atoms with Crippen LogP contribution in [0, 0.1) is 0 Å². The molecular weight excluding hydrogens is 310 g/mol. The van der Waals surface area contributed by atoms with Gasteiger partial charge in [0, 0.05) is 0 Å². The van der Waals surface area contributed by atoms with Crippen LogP contribution in [0.3, 0.4) is 0 Å². The fourth-order valence-electron chi connectivity index (χ4n) is 2.12. The first-order valence-corrected chi connectivity index (χ1v) is 8.75. The van der Waals surface area contributed by atoms with E-state index in [-0.39, 0.29) is 6.54 Å². The molecule has 2 rings (SSSR count). The van der Waals surface area contributed by atoms with Gasteiger partial charge in [-0.1, -0.05) is 12.1 Å². The highest BCUT2D eigenvalue weighted by molar-refractivity contribution is 7.93. The third-order valence-electron chi connectivity index (χ3n) is 3.19. The van der Waals surface area contributed by atoms with Crippen LogP contribution in [0.4, 0.5) is 0 Å². The van der Waals surface area contributed by atoms with Crippen molar-refractivity contribution in [3.05, 3.63) is 41.3 Å². The molecule has 2 aromatic rings. The molecule has 0 spiro atoms. The van der Waals surface area contributed by atoms with Gasteiger partial charge in [0.1, 0.15) is 9.46 Å². The summed E-state index contributed by atoms with van der Waals surface area (Å²) in [5.74, 6) is 1.08. The Labute approximate surface area is 128 Å². The number of hydrogen-bond acceptors (Lipinski definition) is 5. The molecule has 0 bridgehead atoms. The molecule has 114 valence electrons. The molecule has 0 aliphatic rings. The van der Waals surface area contributed by atoms with Gasteiger partial charge in [0.2, 0.25) is 0 Å². The summed E-state index contributed by atoms with van der Waals surface area (Å²) < 4.78 is 36.1. The van der Waals surface area contributed by atoms with Gasteiger partial charge < -0.3 is 15.2 Å². The molecule has 0 saturated heterocycles. The second-order valence-electron chi connectivity index (χ2n) is 4.37. The lowest BCUT2D eigenvalue weighted by atomic mass is 10.1. The zero-order chi connectivity index (χ0) is 15.5. The molecule has 0 fully saturated rings. The minimum atomic E-state index is -3.45. The van der Waals surface area contributed by atoms with Gasteiger partial charge in [-0.2, -0.15) is 0 Å². The second kappa shape index (κ2) is 6.46. The number of hydrogen-bond donors (Lipinski definition) is 1. The number of rotatable bonds is 6. The second-order valence-corrected chi connectivity index (χ2v) is 7.67. The van der Waals surface area contributed by atoms with Crippen molar-refractivity contribution in [2.75, 3.05) is 20.8 Å². The molecule has 0 saturated carbocycles. The van der Waals surface area contributed by atoms with E-state index in [2.05, 4.69) is 5.73 Å². The van der Waals surface area contributed by atoms with E-state index < -0.39 is 15.1 Å². The van der Waals surface area contributed by atoms with Crippen LogP contribution in [0.5, 0.6) is 11.5 Å². The summed E-state index contributed by atoms with van der Waals surface area (Å²) in [4.78, 5) is 0. The Kier molecular flexibility index (Phi) is 4.87. The lowest BCUT2D eigenvalue weighted by molar-refractivity contribution is -0.367. The molecule has 1 atom stereocenters. The maximum absolute atomic E-state index is 12.7. The Morgan fingerprint density at radius 1 is 1.19 bits per heavy atom. The van der Waals surface area contributed by atoms with Crippen molar-refractivity contribution in [2.45, 2.75) is 9.46 Å². The van der Waals surface area contributed by atoms with E-state index in [0.717, 1.165) is 0 Å². The number of quaternary nitrogens is 1. The zero-order valence-electron chi connectivity index (χ0n) is 11.9. The SMILES string of the molecule is COc1ccc([C@@H](C[NH3+])S(=O)(=O)c2cccs2)cc1OC. The predicted molar refractivity (Wildman–Crippen MR) is 81.5 cm³/mol. The monoisotopic (exact) mass is 328 g/mol.